The topological polar surface area (TPSA) is 49.6 Å². The van der Waals surface area contributed by atoms with Crippen LogP contribution in [0.15, 0.2) is 0 Å². The van der Waals surface area contributed by atoms with Crippen molar-refractivity contribution in [3.8, 4) is 0 Å². The Hall–Kier alpha value is -0.770. The van der Waals surface area contributed by atoms with E-state index < -0.39 is 0 Å². The van der Waals surface area contributed by atoms with Crippen LogP contribution >= 0.6 is 0 Å². The summed E-state index contributed by atoms with van der Waals surface area (Å²) >= 11 is 0. The minimum absolute atomic E-state index is 0.142. The molecule has 0 radical (unpaired) electrons. The molecule has 1 aliphatic heterocycles. The smallest absolute Gasteiger partial charge is 0.319 e. The Labute approximate surface area is 92.4 Å². The second-order valence-corrected chi connectivity index (χ2v) is 4.50. The summed E-state index contributed by atoms with van der Waals surface area (Å²) in [5.74, 6) is 1.11. The molecule has 0 aromatic heterocycles. The van der Waals surface area contributed by atoms with Gasteiger partial charge in [0.15, 0.2) is 0 Å². The molecule has 1 aliphatic rings. The van der Waals surface area contributed by atoms with E-state index in [0.717, 1.165) is 26.1 Å². The van der Waals surface area contributed by atoms with E-state index in [2.05, 4.69) is 6.92 Å². The van der Waals surface area contributed by atoms with Gasteiger partial charge in [-0.2, -0.15) is 0 Å². The highest BCUT2D eigenvalue weighted by Gasteiger charge is 2.28. The predicted molar refractivity (Wildman–Crippen MR) is 61.6 cm³/mol. The van der Waals surface area contributed by atoms with E-state index in [0.29, 0.717) is 18.4 Å². The molecule has 0 aromatic carbocycles. The first-order valence-corrected chi connectivity index (χ1v) is 5.80. The van der Waals surface area contributed by atoms with Crippen LogP contribution in [0.4, 0.5) is 4.79 Å². The van der Waals surface area contributed by atoms with Crippen LogP contribution in [0.25, 0.3) is 0 Å². The number of piperidine rings is 1. The van der Waals surface area contributed by atoms with Gasteiger partial charge < -0.3 is 15.5 Å². The molecule has 4 nitrogen and oxygen atoms in total. The monoisotopic (exact) mass is 213 g/mol. The van der Waals surface area contributed by atoms with Crippen LogP contribution < -0.4 is 5.73 Å². The van der Waals surface area contributed by atoms with Gasteiger partial charge in [-0.3, -0.25) is 0 Å². The maximum Gasteiger partial charge on any atom is 0.319 e. The normalized spacial score (nSPS) is 26.5. The lowest BCUT2D eigenvalue weighted by Gasteiger charge is -2.38. The first-order valence-electron chi connectivity index (χ1n) is 5.80. The SMILES string of the molecule is CCN(C)C(=O)N1CCC(C)C(CN)C1. The van der Waals surface area contributed by atoms with Crippen LogP contribution in [0.5, 0.6) is 0 Å². The van der Waals surface area contributed by atoms with Gasteiger partial charge in [-0.1, -0.05) is 6.92 Å². The lowest BCUT2D eigenvalue weighted by Crippen LogP contribution is -2.49. The van der Waals surface area contributed by atoms with Crippen molar-refractivity contribution in [1.29, 1.82) is 0 Å². The number of nitrogens with zero attached hydrogens (tertiary/aromatic N) is 2. The van der Waals surface area contributed by atoms with Crippen LogP contribution in [-0.2, 0) is 0 Å². The van der Waals surface area contributed by atoms with Gasteiger partial charge in [-0.05, 0) is 31.7 Å². The molecular weight excluding hydrogens is 190 g/mol. The zero-order chi connectivity index (χ0) is 11.4. The van der Waals surface area contributed by atoms with Crippen molar-refractivity contribution in [2.45, 2.75) is 20.3 Å². The van der Waals surface area contributed by atoms with Crippen molar-refractivity contribution in [3.63, 3.8) is 0 Å². The van der Waals surface area contributed by atoms with Crippen LogP contribution in [0, 0.1) is 11.8 Å². The van der Waals surface area contributed by atoms with Gasteiger partial charge in [0, 0.05) is 26.7 Å². The number of hydrogen-bond donors (Lipinski definition) is 1. The first kappa shape index (κ1) is 12.3. The number of rotatable bonds is 2. The van der Waals surface area contributed by atoms with Crippen molar-refractivity contribution >= 4 is 6.03 Å². The van der Waals surface area contributed by atoms with Gasteiger partial charge in [0.05, 0.1) is 0 Å². The average molecular weight is 213 g/mol. The number of amides is 2. The molecule has 1 saturated heterocycles. The average Bonchev–Trinajstić information content (AvgIpc) is 2.27. The highest BCUT2D eigenvalue weighted by molar-refractivity contribution is 5.74. The number of nitrogens with two attached hydrogens (primary N) is 1. The molecule has 0 bridgehead atoms. The van der Waals surface area contributed by atoms with Gasteiger partial charge >= 0.3 is 6.03 Å². The predicted octanol–water partition coefficient (Wildman–Crippen LogP) is 0.975. The molecule has 0 saturated carbocycles. The first-order chi connectivity index (χ1) is 7.10. The van der Waals surface area contributed by atoms with Crippen molar-refractivity contribution in [2.75, 3.05) is 33.2 Å². The molecule has 2 unspecified atom stereocenters. The number of carbonyl (C=O) groups is 1. The van der Waals surface area contributed by atoms with E-state index in [-0.39, 0.29) is 6.03 Å². The molecule has 1 rings (SSSR count). The van der Waals surface area contributed by atoms with Crippen LogP contribution in [0.2, 0.25) is 0 Å². The van der Waals surface area contributed by atoms with Crippen molar-refractivity contribution in [3.05, 3.63) is 0 Å². The summed E-state index contributed by atoms with van der Waals surface area (Å²) in [6.45, 7) is 7.36. The molecule has 2 amide bonds. The molecule has 2 atom stereocenters. The van der Waals surface area contributed by atoms with Gasteiger partial charge in [0.25, 0.3) is 0 Å². The lowest BCUT2D eigenvalue weighted by atomic mass is 9.87. The summed E-state index contributed by atoms with van der Waals surface area (Å²) in [5, 5.41) is 0. The Morgan fingerprint density at radius 3 is 2.80 bits per heavy atom. The third-order valence-corrected chi connectivity index (χ3v) is 3.49. The fraction of sp³-hybridized carbons (Fsp3) is 0.909. The molecule has 1 fully saturated rings. The summed E-state index contributed by atoms with van der Waals surface area (Å²) in [7, 11) is 1.85. The molecule has 0 aliphatic carbocycles. The number of likely N-dealkylation sites (tertiary alicyclic amines) is 1. The molecule has 0 aromatic rings. The summed E-state index contributed by atoms with van der Waals surface area (Å²) < 4.78 is 0. The van der Waals surface area contributed by atoms with Crippen LogP contribution in [0.3, 0.4) is 0 Å². The maximum absolute atomic E-state index is 11.9. The third kappa shape index (κ3) is 2.84. The number of hydrogen-bond acceptors (Lipinski definition) is 2. The highest BCUT2D eigenvalue weighted by Crippen LogP contribution is 2.22. The Balaban J connectivity index is 2.54. The van der Waals surface area contributed by atoms with E-state index in [1.807, 2.05) is 18.9 Å². The minimum atomic E-state index is 0.142. The fourth-order valence-electron chi connectivity index (χ4n) is 2.01. The van der Waals surface area contributed by atoms with Gasteiger partial charge in [-0.25, -0.2) is 4.79 Å². The van der Waals surface area contributed by atoms with E-state index in [9.17, 15) is 4.79 Å². The summed E-state index contributed by atoms with van der Waals surface area (Å²) in [6.07, 6.45) is 1.07. The molecule has 2 N–H and O–H groups in total. The van der Waals surface area contributed by atoms with Crippen LogP contribution in [-0.4, -0.2) is 49.1 Å². The Kier molecular flexibility index (Phi) is 4.39. The number of carbonyl (C=O) groups excluding carboxylic acids is 1. The molecular formula is C11H23N3O. The summed E-state index contributed by atoms with van der Waals surface area (Å²) in [6, 6.07) is 0.142. The highest BCUT2D eigenvalue weighted by atomic mass is 16.2. The minimum Gasteiger partial charge on any atom is -0.330 e. The molecule has 1 heterocycles. The quantitative estimate of drug-likeness (QED) is 0.743. The molecule has 4 heteroatoms. The van der Waals surface area contributed by atoms with Gasteiger partial charge in [-0.15, -0.1) is 0 Å². The zero-order valence-corrected chi connectivity index (χ0v) is 10.1. The summed E-state index contributed by atoms with van der Waals surface area (Å²) in [4.78, 5) is 15.6. The zero-order valence-electron chi connectivity index (χ0n) is 10.1. The molecule has 88 valence electrons. The van der Waals surface area contributed by atoms with E-state index in [4.69, 9.17) is 5.73 Å². The Morgan fingerprint density at radius 1 is 1.60 bits per heavy atom. The fourth-order valence-corrected chi connectivity index (χ4v) is 2.01. The maximum atomic E-state index is 11.9. The lowest BCUT2D eigenvalue weighted by molar-refractivity contribution is 0.118. The van der Waals surface area contributed by atoms with Crippen molar-refractivity contribution < 1.29 is 4.79 Å². The third-order valence-electron chi connectivity index (χ3n) is 3.49. The molecule has 0 spiro atoms. The van der Waals surface area contributed by atoms with E-state index >= 15 is 0 Å². The molecule has 15 heavy (non-hydrogen) atoms. The second kappa shape index (κ2) is 5.35. The summed E-state index contributed by atoms with van der Waals surface area (Å²) in [5.41, 5.74) is 5.71. The van der Waals surface area contributed by atoms with Crippen LogP contribution in [0.1, 0.15) is 20.3 Å². The Bertz CT molecular complexity index is 220. The van der Waals surface area contributed by atoms with E-state index in [1.165, 1.54) is 0 Å². The second-order valence-electron chi connectivity index (χ2n) is 4.50. The van der Waals surface area contributed by atoms with E-state index in [1.54, 1.807) is 4.90 Å². The standard InChI is InChI=1S/C11H23N3O/c1-4-13(3)11(15)14-6-5-9(2)10(7-12)8-14/h9-10H,4-8,12H2,1-3H3. The van der Waals surface area contributed by atoms with Crippen molar-refractivity contribution in [1.82, 2.24) is 9.80 Å². The van der Waals surface area contributed by atoms with Crippen molar-refractivity contribution in [2.24, 2.45) is 17.6 Å². The van der Waals surface area contributed by atoms with Gasteiger partial charge in [0.2, 0.25) is 0 Å². The number of urea groups is 1. The largest absolute Gasteiger partial charge is 0.330 e. The van der Waals surface area contributed by atoms with Gasteiger partial charge in [0.1, 0.15) is 0 Å². The Morgan fingerprint density at radius 2 is 2.27 bits per heavy atom.